The van der Waals surface area contributed by atoms with Gasteiger partial charge in [0.1, 0.15) is 0 Å². The molecule has 2 aliphatic heterocycles. The molecule has 4 nitrogen and oxygen atoms in total. The van der Waals surface area contributed by atoms with E-state index in [2.05, 4.69) is 37.5 Å². The molecular formula is C16H33N3O. The number of hydrogen-bond donors (Lipinski definition) is 1. The Bertz CT molecular complexity index is 307. The normalized spacial score (nSPS) is 34.4. The first kappa shape index (κ1) is 16.2. The Morgan fingerprint density at radius 2 is 1.85 bits per heavy atom. The van der Waals surface area contributed by atoms with Crippen molar-refractivity contribution in [3.05, 3.63) is 0 Å². The Morgan fingerprint density at radius 3 is 2.35 bits per heavy atom. The van der Waals surface area contributed by atoms with E-state index < -0.39 is 0 Å². The molecule has 0 radical (unpaired) electrons. The van der Waals surface area contributed by atoms with Crippen LogP contribution in [0.25, 0.3) is 0 Å². The highest BCUT2D eigenvalue weighted by molar-refractivity contribution is 4.98. The summed E-state index contributed by atoms with van der Waals surface area (Å²) in [5.41, 5.74) is 6.66. The molecule has 0 aliphatic carbocycles. The zero-order valence-electron chi connectivity index (χ0n) is 13.8. The van der Waals surface area contributed by atoms with Crippen LogP contribution in [0.5, 0.6) is 0 Å². The third-order valence-electron chi connectivity index (χ3n) is 5.26. The molecule has 118 valence electrons. The first-order valence-electron chi connectivity index (χ1n) is 8.23. The summed E-state index contributed by atoms with van der Waals surface area (Å²) in [6.07, 6.45) is 3.70. The minimum atomic E-state index is 0.183. The van der Waals surface area contributed by atoms with Crippen LogP contribution in [0.15, 0.2) is 0 Å². The van der Waals surface area contributed by atoms with Crippen LogP contribution in [-0.4, -0.2) is 66.3 Å². The zero-order valence-corrected chi connectivity index (χ0v) is 13.8. The molecule has 2 heterocycles. The molecule has 2 N–H and O–H groups in total. The smallest absolute Gasteiger partial charge is 0.0590 e. The number of piperazine rings is 1. The van der Waals surface area contributed by atoms with Crippen molar-refractivity contribution in [3.63, 3.8) is 0 Å². The van der Waals surface area contributed by atoms with Crippen molar-refractivity contribution in [1.82, 2.24) is 9.80 Å². The number of nitrogens with zero attached hydrogens (tertiary/aromatic N) is 2. The van der Waals surface area contributed by atoms with Gasteiger partial charge in [0.05, 0.1) is 6.10 Å². The van der Waals surface area contributed by atoms with Gasteiger partial charge in [-0.3, -0.25) is 9.80 Å². The van der Waals surface area contributed by atoms with E-state index >= 15 is 0 Å². The Labute approximate surface area is 124 Å². The van der Waals surface area contributed by atoms with Crippen LogP contribution < -0.4 is 5.73 Å². The Hall–Kier alpha value is -0.160. The first-order valence-corrected chi connectivity index (χ1v) is 8.23. The fourth-order valence-corrected chi connectivity index (χ4v) is 3.72. The zero-order chi connectivity index (χ0) is 14.8. The minimum absolute atomic E-state index is 0.183. The fourth-order valence-electron chi connectivity index (χ4n) is 3.72. The second kappa shape index (κ2) is 6.30. The molecule has 2 saturated heterocycles. The van der Waals surface area contributed by atoms with Gasteiger partial charge in [-0.2, -0.15) is 0 Å². The number of rotatable bonds is 3. The fraction of sp³-hybridized carbons (Fsp3) is 1.00. The van der Waals surface area contributed by atoms with E-state index in [1.165, 1.54) is 0 Å². The molecular weight excluding hydrogens is 250 g/mol. The molecule has 2 aliphatic rings. The number of hydrogen-bond acceptors (Lipinski definition) is 4. The van der Waals surface area contributed by atoms with Crippen molar-refractivity contribution in [1.29, 1.82) is 0 Å². The maximum absolute atomic E-state index is 6.20. The minimum Gasteiger partial charge on any atom is -0.378 e. The molecule has 0 aromatic carbocycles. The molecule has 2 unspecified atom stereocenters. The van der Waals surface area contributed by atoms with E-state index in [1.807, 2.05) is 0 Å². The van der Waals surface area contributed by atoms with E-state index in [0.29, 0.717) is 6.10 Å². The Kier molecular flexibility index (Phi) is 5.11. The lowest BCUT2D eigenvalue weighted by Crippen LogP contribution is -2.64. The summed E-state index contributed by atoms with van der Waals surface area (Å²) in [5, 5.41) is 0. The maximum atomic E-state index is 6.20. The van der Waals surface area contributed by atoms with E-state index in [9.17, 15) is 0 Å². The second-order valence-electron chi connectivity index (χ2n) is 7.43. The Balaban J connectivity index is 1.99. The van der Waals surface area contributed by atoms with Crippen molar-refractivity contribution in [2.75, 3.05) is 39.3 Å². The van der Waals surface area contributed by atoms with Crippen molar-refractivity contribution in [2.24, 2.45) is 5.73 Å². The van der Waals surface area contributed by atoms with Crippen molar-refractivity contribution in [2.45, 2.75) is 64.1 Å². The second-order valence-corrected chi connectivity index (χ2v) is 7.43. The number of ether oxygens (including phenoxy) is 1. The van der Waals surface area contributed by atoms with Gasteiger partial charge in [-0.25, -0.2) is 0 Å². The van der Waals surface area contributed by atoms with Gasteiger partial charge in [-0.1, -0.05) is 6.92 Å². The van der Waals surface area contributed by atoms with Gasteiger partial charge in [0, 0.05) is 50.4 Å². The highest BCUT2D eigenvalue weighted by Crippen LogP contribution is 2.32. The monoisotopic (exact) mass is 283 g/mol. The summed E-state index contributed by atoms with van der Waals surface area (Å²) in [6.45, 7) is 15.4. The Morgan fingerprint density at radius 1 is 1.20 bits per heavy atom. The molecule has 4 heteroatoms. The van der Waals surface area contributed by atoms with Gasteiger partial charge in [0.25, 0.3) is 0 Å². The van der Waals surface area contributed by atoms with Crippen molar-refractivity contribution < 1.29 is 4.74 Å². The molecule has 0 amide bonds. The highest BCUT2D eigenvalue weighted by Gasteiger charge is 2.42. The van der Waals surface area contributed by atoms with E-state index in [4.69, 9.17) is 10.5 Å². The van der Waals surface area contributed by atoms with Gasteiger partial charge in [0.15, 0.2) is 0 Å². The molecule has 2 fully saturated rings. The van der Waals surface area contributed by atoms with Crippen LogP contribution in [0, 0.1) is 0 Å². The van der Waals surface area contributed by atoms with Gasteiger partial charge in [-0.05, 0) is 40.0 Å². The lowest BCUT2D eigenvalue weighted by molar-refractivity contribution is -0.0879. The van der Waals surface area contributed by atoms with Crippen LogP contribution in [0.3, 0.4) is 0 Å². The molecule has 0 saturated carbocycles. The molecule has 0 aromatic rings. The van der Waals surface area contributed by atoms with Crippen LogP contribution in [0.2, 0.25) is 0 Å². The summed E-state index contributed by atoms with van der Waals surface area (Å²) in [6, 6.07) is 0. The van der Waals surface area contributed by atoms with E-state index in [0.717, 1.165) is 58.6 Å². The quantitative estimate of drug-likeness (QED) is 0.856. The van der Waals surface area contributed by atoms with Gasteiger partial charge >= 0.3 is 0 Å². The summed E-state index contributed by atoms with van der Waals surface area (Å²) < 4.78 is 5.86. The van der Waals surface area contributed by atoms with Crippen molar-refractivity contribution in [3.8, 4) is 0 Å². The van der Waals surface area contributed by atoms with E-state index in [-0.39, 0.29) is 11.1 Å². The lowest BCUT2D eigenvalue weighted by Gasteiger charge is -2.52. The summed E-state index contributed by atoms with van der Waals surface area (Å²) in [7, 11) is 0. The molecule has 2 rings (SSSR count). The predicted octanol–water partition coefficient (Wildman–Crippen LogP) is 1.69. The first-order chi connectivity index (χ1) is 9.41. The summed E-state index contributed by atoms with van der Waals surface area (Å²) >= 11 is 0. The maximum Gasteiger partial charge on any atom is 0.0590 e. The molecule has 2 atom stereocenters. The summed E-state index contributed by atoms with van der Waals surface area (Å²) in [5.74, 6) is 0. The van der Waals surface area contributed by atoms with Crippen LogP contribution in [0.1, 0.15) is 47.0 Å². The highest BCUT2D eigenvalue weighted by atomic mass is 16.5. The van der Waals surface area contributed by atoms with Gasteiger partial charge in [0.2, 0.25) is 0 Å². The SMILES string of the molecule is CCC1CC(CN)(N2CCN(C(C)(C)C)CC2)CCO1. The largest absolute Gasteiger partial charge is 0.378 e. The molecule has 20 heavy (non-hydrogen) atoms. The van der Waals surface area contributed by atoms with Crippen LogP contribution >= 0.6 is 0 Å². The van der Waals surface area contributed by atoms with Crippen molar-refractivity contribution >= 4 is 0 Å². The van der Waals surface area contributed by atoms with E-state index in [1.54, 1.807) is 0 Å². The van der Waals surface area contributed by atoms with Gasteiger partial charge in [-0.15, -0.1) is 0 Å². The standard InChI is InChI=1S/C16H33N3O/c1-5-14-12-16(13-17,6-11-20-14)19-9-7-18(8-10-19)15(2,3)4/h14H,5-13,17H2,1-4H3. The average molecular weight is 283 g/mol. The van der Waals surface area contributed by atoms with Crippen LogP contribution in [0.4, 0.5) is 0 Å². The average Bonchev–Trinajstić information content (AvgIpc) is 2.46. The lowest BCUT2D eigenvalue weighted by atomic mass is 9.83. The third kappa shape index (κ3) is 3.35. The van der Waals surface area contributed by atoms with Gasteiger partial charge < -0.3 is 10.5 Å². The summed E-state index contributed by atoms with van der Waals surface area (Å²) in [4.78, 5) is 5.24. The predicted molar refractivity (Wildman–Crippen MR) is 83.9 cm³/mol. The topological polar surface area (TPSA) is 41.7 Å². The third-order valence-corrected chi connectivity index (χ3v) is 5.26. The number of nitrogens with two attached hydrogens (primary N) is 1. The van der Waals surface area contributed by atoms with Crippen LogP contribution in [-0.2, 0) is 4.74 Å². The molecule has 0 aromatic heterocycles. The molecule has 0 bridgehead atoms. The molecule has 0 spiro atoms.